The van der Waals surface area contributed by atoms with Crippen LogP contribution in [0.25, 0.3) is 16.9 Å². The normalized spacial score (nSPS) is 11.1. The van der Waals surface area contributed by atoms with Gasteiger partial charge in [0.25, 0.3) is 0 Å². The smallest absolute Gasteiger partial charge is 0.148 e. The number of aromatic nitrogens is 4. The number of hydrogen-bond donors (Lipinski definition) is 2. The minimum absolute atomic E-state index is 0.314. The average Bonchev–Trinajstić information content (AvgIpc) is 3.32. The van der Waals surface area contributed by atoms with E-state index in [0.29, 0.717) is 18.8 Å². The number of H-pyrrole nitrogens is 1. The quantitative estimate of drug-likeness (QED) is 0.481. The predicted octanol–water partition coefficient (Wildman–Crippen LogP) is 4.32. The van der Waals surface area contributed by atoms with Crippen LogP contribution >= 0.6 is 0 Å². The van der Waals surface area contributed by atoms with Crippen LogP contribution in [0, 0.1) is 19.7 Å². The van der Waals surface area contributed by atoms with E-state index in [-0.39, 0.29) is 5.82 Å². The fourth-order valence-electron chi connectivity index (χ4n) is 3.45. The van der Waals surface area contributed by atoms with Crippen molar-refractivity contribution in [3.63, 3.8) is 0 Å². The van der Waals surface area contributed by atoms with Gasteiger partial charge in [-0.1, -0.05) is 12.1 Å². The second-order valence-electron chi connectivity index (χ2n) is 7.14. The van der Waals surface area contributed by atoms with Gasteiger partial charge in [0.15, 0.2) is 0 Å². The molecule has 0 saturated carbocycles. The SMILES string of the molecule is COc1ccc(-c2nn(-c3ccccc3F)cc2CNCc2c(C)n[nH]c2C)cc1. The van der Waals surface area contributed by atoms with Crippen LogP contribution in [0.1, 0.15) is 22.5 Å². The summed E-state index contributed by atoms with van der Waals surface area (Å²) in [6.07, 6.45) is 1.88. The van der Waals surface area contributed by atoms with E-state index >= 15 is 0 Å². The zero-order valence-electron chi connectivity index (χ0n) is 17.2. The first-order chi connectivity index (χ1) is 14.6. The molecule has 2 N–H and O–H groups in total. The van der Waals surface area contributed by atoms with Gasteiger partial charge in [0, 0.05) is 41.7 Å². The lowest BCUT2D eigenvalue weighted by atomic mass is 10.1. The summed E-state index contributed by atoms with van der Waals surface area (Å²) in [6, 6.07) is 14.3. The van der Waals surface area contributed by atoms with Gasteiger partial charge in [-0.25, -0.2) is 9.07 Å². The van der Waals surface area contributed by atoms with Gasteiger partial charge in [0.1, 0.15) is 17.3 Å². The average molecular weight is 405 g/mol. The Hall–Kier alpha value is -3.45. The molecule has 2 heterocycles. The lowest BCUT2D eigenvalue weighted by Crippen LogP contribution is -2.14. The maximum Gasteiger partial charge on any atom is 0.148 e. The Balaban J connectivity index is 1.65. The molecule has 2 aromatic carbocycles. The van der Waals surface area contributed by atoms with Gasteiger partial charge in [0.05, 0.1) is 18.5 Å². The Morgan fingerprint density at radius 2 is 1.83 bits per heavy atom. The summed E-state index contributed by atoms with van der Waals surface area (Å²) >= 11 is 0. The van der Waals surface area contributed by atoms with Crippen molar-refractivity contribution in [1.29, 1.82) is 0 Å². The number of rotatable bonds is 7. The first-order valence-corrected chi connectivity index (χ1v) is 9.76. The van der Waals surface area contributed by atoms with E-state index in [2.05, 4.69) is 15.5 Å². The molecular formula is C23H24FN5O. The largest absolute Gasteiger partial charge is 0.497 e. The summed E-state index contributed by atoms with van der Waals surface area (Å²) in [7, 11) is 1.64. The molecule has 0 radical (unpaired) electrons. The summed E-state index contributed by atoms with van der Waals surface area (Å²) in [4.78, 5) is 0. The van der Waals surface area contributed by atoms with E-state index < -0.39 is 0 Å². The fraction of sp³-hybridized carbons (Fsp3) is 0.217. The van der Waals surface area contributed by atoms with Crippen molar-refractivity contribution < 1.29 is 9.13 Å². The Labute approximate surface area is 174 Å². The lowest BCUT2D eigenvalue weighted by Gasteiger charge is -2.06. The molecule has 4 rings (SSSR count). The standard InChI is InChI=1S/C23H24FN5O/c1-15-20(16(2)27-26-15)13-25-12-18-14-29(22-7-5-4-6-21(22)24)28-23(18)17-8-10-19(30-3)11-9-17/h4-11,14,25H,12-13H2,1-3H3,(H,26,27). The van der Waals surface area contributed by atoms with E-state index in [0.717, 1.165) is 39.5 Å². The number of aromatic amines is 1. The molecule has 0 unspecified atom stereocenters. The summed E-state index contributed by atoms with van der Waals surface area (Å²) in [5.41, 5.74) is 6.33. The van der Waals surface area contributed by atoms with Crippen LogP contribution in [-0.4, -0.2) is 27.1 Å². The van der Waals surface area contributed by atoms with E-state index in [9.17, 15) is 4.39 Å². The zero-order chi connectivity index (χ0) is 21.1. The van der Waals surface area contributed by atoms with Crippen LogP contribution in [0.5, 0.6) is 5.75 Å². The molecular weight excluding hydrogens is 381 g/mol. The van der Waals surface area contributed by atoms with Crippen LogP contribution in [0.15, 0.2) is 54.7 Å². The van der Waals surface area contributed by atoms with Crippen LogP contribution < -0.4 is 10.1 Å². The van der Waals surface area contributed by atoms with E-state index in [1.165, 1.54) is 6.07 Å². The second-order valence-corrected chi connectivity index (χ2v) is 7.14. The Morgan fingerprint density at radius 1 is 1.07 bits per heavy atom. The molecule has 6 nitrogen and oxygen atoms in total. The maximum atomic E-state index is 14.3. The van der Waals surface area contributed by atoms with Crippen molar-refractivity contribution in [2.24, 2.45) is 0 Å². The van der Waals surface area contributed by atoms with E-state index in [4.69, 9.17) is 9.84 Å². The molecule has 0 aliphatic rings. The topological polar surface area (TPSA) is 67.8 Å². The molecule has 0 amide bonds. The highest BCUT2D eigenvalue weighted by molar-refractivity contribution is 5.64. The van der Waals surface area contributed by atoms with Gasteiger partial charge in [-0.2, -0.15) is 10.2 Å². The third-order valence-electron chi connectivity index (χ3n) is 5.15. The molecule has 0 atom stereocenters. The number of para-hydroxylation sites is 1. The number of nitrogens with zero attached hydrogens (tertiary/aromatic N) is 3. The third kappa shape index (κ3) is 3.97. The van der Waals surface area contributed by atoms with Crippen molar-refractivity contribution in [1.82, 2.24) is 25.3 Å². The number of hydrogen-bond acceptors (Lipinski definition) is 4. The molecule has 7 heteroatoms. The van der Waals surface area contributed by atoms with Crippen molar-refractivity contribution >= 4 is 0 Å². The van der Waals surface area contributed by atoms with E-state index in [1.54, 1.807) is 30.0 Å². The molecule has 30 heavy (non-hydrogen) atoms. The van der Waals surface area contributed by atoms with Gasteiger partial charge in [0.2, 0.25) is 0 Å². The van der Waals surface area contributed by atoms with Crippen LogP contribution in [0.4, 0.5) is 4.39 Å². The summed E-state index contributed by atoms with van der Waals surface area (Å²) in [5, 5.41) is 15.4. The highest BCUT2D eigenvalue weighted by Gasteiger charge is 2.15. The molecule has 0 aliphatic heterocycles. The van der Waals surface area contributed by atoms with Crippen LogP contribution in [0.3, 0.4) is 0 Å². The molecule has 0 spiro atoms. The Kier molecular flexibility index (Phi) is 5.63. The number of nitrogens with one attached hydrogen (secondary N) is 2. The molecule has 0 bridgehead atoms. The minimum atomic E-state index is -0.314. The number of aryl methyl sites for hydroxylation is 2. The van der Waals surface area contributed by atoms with Crippen molar-refractivity contribution in [3.8, 4) is 22.7 Å². The van der Waals surface area contributed by atoms with Crippen LogP contribution in [0.2, 0.25) is 0 Å². The van der Waals surface area contributed by atoms with Crippen LogP contribution in [-0.2, 0) is 13.1 Å². The number of halogens is 1. The Bertz CT molecular complexity index is 1130. The van der Waals surface area contributed by atoms with Gasteiger partial charge >= 0.3 is 0 Å². The molecule has 2 aromatic heterocycles. The second kappa shape index (κ2) is 8.51. The summed E-state index contributed by atoms with van der Waals surface area (Å²) < 4.78 is 21.2. The first-order valence-electron chi connectivity index (χ1n) is 9.76. The molecule has 4 aromatic rings. The van der Waals surface area contributed by atoms with Crippen molar-refractivity contribution in [3.05, 3.63) is 83.1 Å². The molecule has 154 valence electrons. The van der Waals surface area contributed by atoms with Gasteiger partial charge in [-0.3, -0.25) is 5.10 Å². The minimum Gasteiger partial charge on any atom is -0.497 e. The fourth-order valence-corrected chi connectivity index (χ4v) is 3.45. The molecule has 0 saturated heterocycles. The zero-order valence-corrected chi connectivity index (χ0v) is 17.2. The third-order valence-corrected chi connectivity index (χ3v) is 5.15. The molecule has 0 aliphatic carbocycles. The summed E-state index contributed by atoms with van der Waals surface area (Å²) in [5.74, 6) is 0.461. The number of methoxy groups -OCH3 is 1. The monoisotopic (exact) mass is 405 g/mol. The highest BCUT2D eigenvalue weighted by Crippen LogP contribution is 2.26. The summed E-state index contributed by atoms with van der Waals surface area (Å²) in [6.45, 7) is 5.26. The number of ether oxygens (including phenoxy) is 1. The predicted molar refractivity (Wildman–Crippen MR) is 114 cm³/mol. The lowest BCUT2D eigenvalue weighted by molar-refractivity contribution is 0.415. The van der Waals surface area contributed by atoms with Gasteiger partial charge in [-0.05, 0) is 50.2 Å². The van der Waals surface area contributed by atoms with Gasteiger partial charge < -0.3 is 10.1 Å². The molecule has 0 fully saturated rings. The number of benzene rings is 2. The van der Waals surface area contributed by atoms with Crippen molar-refractivity contribution in [2.75, 3.05) is 7.11 Å². The maximum absolute atomic E-state index is 14.3. The highest BCUT2D eigenvalue weighted by atomic mass is 19.1. The van der Waals surface area contributed by atoms with Gasteiger partial charge in [-0.15, -0.1) is 0 Å². The van der Waals surface area contributed by atoms with Crippen molar-refractivity contribution in [2.45, 2.75) is 26.9 Å². The Morgan fingerprint density at radius 3 is 2.50 bits per heavy atom. The van der Waals surface area contributed by atoms with E-state index in [1.807, 2.05) is 44.3 Å². The first kappa shape index (κ1) is 19.8.